The average Bonchev–Trinajstić information content (AvgIpc) is 2.78. The van der Waals surface area contributed by atoms with Crippen LogP contribution in [0, 0.1) is 16.7 Å². The van der Waals surface area contributed by atoms with E-state index in [1.165, 1.54) is 0 Å². The maximum Gasteiger partial charge on any atom is 0.343 e. The van der Waals surface area contributed by atoms with Crippen molar-refractivity contribution in [1.29, 1.82) is 0 Å². The summed E-state index contributed by atoms with van der Waals surface area (Å²) in [6.45, 7) is 8.14. The molecule has 1 aromatic carbocycles. The molecule has 2 saturated carbocycles. The first-order chi connectivity index (χ1) is 15.4. The van der Waals surface area contributed by atoms with Gasteiger partial charge in [-0.3, -0.25) is 0 Å². The Kier molecular flexibility index (Phi) is 4.83. The first-order valence-electron chi connectivity index (χ1n) is 11.9. The number of ether oxygens (including phenoxy) is 2. The van der Waals surface area contributed by atoms with Gasteiger partial charge in [0.15, 0.2) is 0 Å². The Balaban J connectivity index is 1.56. The lowest BCUT2D eigenvalue weighted by atomic mass is 9.41. The van der Waals surface area contributed by atoms with Crippen LogP contribution in [0.3, 0.4) is 0 Å². The molecule has 0 bridgehead atoms. The zero-order valence-electron chi connectivity index (χ0n) is 20.1. The van der Waals surface area contributed by atoms with Gasteiger partial charge in [-0.2, -0.15) is 0 Å². The predicted octanol–water partition coefficient (Wildman–Crippen LogP) is 4.34. The minimum absolute atomic E-state index is 0.0715. The molecule has 6 heteroatoms. The van der Waals surface area contributed by atoms with E-state index >= 15 is 0 Å². The molecule has 1 aliphatic heterocycles. The van der Waals surface area contributed by atoms with E-state index < -0.39 is 33.8 Å². The standard InChI is InChI=1S/C27H34O6/c1-24(2)22(28)10-11-25(3)21-14-18-20(33-26(21,4)12-13-27(24,25)30)15-19(32-23(18)29)16-6-8-17(31-5)9-7-16/h6-9,15,21-22,28,30H,10-14H2,1-5H3/t21?,22-,25-,26-,27-/m1/s1. The fraction of sp³-hybridized carbons (Fsp3) is 0.593. The van der Waals surface area contributed by atoms with Gasteiger partial charge in [-0.25, -0.2) is 4.79 Å². The molecular formula is C27H34O6. The van der Waals surface area contributed by atoms with Crippen LogP contribution in [0.4, 0.5) is 0 Å². The van der Waals surface area contributed by atoms with Crippen molar-refractivity contribution in [3.63, 3.8) is 0 Å². The van der Waals surface area contributed by atoms with Crippen molar-refractivity contribution in [2.75, 3.05) is 7.11 Å². The Morgan fingerprint density at radius 2 is 1.76 bits per heavy atom. The van der Waals surface area contributed by atoms with Gasteiger partial charge in [0, 0.05) is 28.4 Å². The summed E-state index contributed by atoms with van der Waals surface area (Å²) in [4.78, 5) is 13.1. The molecule has 0 saturated heterocycles. The minimum atomic E-state index is -1.05. The zero-order valence-corrected chi connectivity index (χ0v) is 20.1. The molecule has 0 amide bonds. The fourth-order valence-corrected chi connectivity index (χ4v) is 7.05. The Morgan fingerprint density at radius 1 is 1.06 bits per heavy atom. The molecule has 1 aromatic heterocycles. The van der Waals surface area contributed by atoms with Gasteiger partial charge in [0.1, 0.15) is 22.9 Å². The van der Waals surface area contributed by atoms with Gasteiger partial charge in [-0.1, -0.05) is 20.8 Å². The van der Waals surface area contributed by atoms with Crippen LogP contribution in [-0.2, 0) is 6.42 Å². The summed E-state index contributed by atoms with van der Waals surface area (Å²) in [6, 6.07) is 9.18. The Bertz CT molecular complexity index is 1130. The fourth-order valence-electron chi connectivity index (χ4n) is 7.05. The third-order valence-corrected chi connectivity index (χ3v) is 9.40. The topological polar surface area (TPSA) is 89.1 Å². The van der Waals surface area contributed by atoms with E-state index in [9.17, 15) is 15.0 Å². The number of aliphatic hydroxyl groups excluding tert-OH is 1. The molecule has 6 nitrogen and oxygen atoms in total. The first-order valence-corrected chi connectivity index (χ1v) is 11.9. The molecule has 3 aliphatic rings. The molecule has 5 rings (SSSR count). The molecule has 33 heavy (non-hydrogen) atoms. The number of fused-ring (bicyclic) bond motifs is 4. The summed E-state index contributed by atoms with van der Waals surface area (Å²) in [5.74, 6) is 1.69. The third-order valence-electron chi connectivity index (χ3n) is 9.40. The highest BCUT2D eigenvalue weighted by molar-refractivity contribution is 5.61. The van der Waals surface area contributed by atoms with Crippen LogP contribution in [0.15, 0.2) is 39.5 Å². The number of methoxy groups -OCH3 is 1. The third kappa shape index (κ3) is 2.96. The second kappa shape index (κ2) is 7.09. The van der Waals surface area contributed by atoms with Gasteiger partial charge in [-0.05, 0) is 63.3 Å². The van der Waals surface area contributed by atoms with E-state index in [0.717, 1.165) is 11.3 Å². The van der Waals surface area contributed by atoms with Gasteiger partial charge in [-0.15, -0.1) is 0 Å². The molecular weight excluding hydrogens is 420 g/mol. The van der Waals surface area contributed by atoms with E-state index in [1.54, 1.807) is 7.11 Å². The molecule has 0 spiro atoms. The van der Waals surface area contributed by atoms with E-state index in [0.29, 0.717) is 49.2 Å². The number of hydrogen-bond acceptors (Lipinski definition) is 6. The van der Waals surface area contributed by atoms with E-state index in [1.807, 2.05) is 44.2 Å². The largest absolute Gasteiger partial charge is 0.497 e. The molecule has 2 heterocycles. The quantitative estimate of drug-likeness (QED) is 0.702. The highest BCUT2D eigenvalue weighted by atomic mass is 16.5. The number of aliphatic hydroxyl groups is 2. The number of hydrogen-bond donors (Lipinski definition) is 2. The SMILES string of the molecule is COc1ccc(-c2cc3c(c(=O)o2)CC2[C@@](C)(CC[C@@]4(O)C(C)(C)[C@H](O)CC[C@]24C)O3)cc1. The van der Waals surface area contributed by atoms with Crippen LogP contribution in [0.2, 0.25) is 0 Å². The number of benzene rings is 1. The summed E-state index contributed by atoms with van der Waals surface area (Å²) < 4.78 is 17.5. The van der Waals surface area contributed by atoms with Crippen LogP contribution >= 0.6 is 0 Å². The molecule has 2 fully saturated rings. The van der Waals surface area contributed by atoms with E-state index in [4.69, 9.17) is 13.9 Å². The molecule has 2 aliphatic carbocycles. The van der Waals surface area contributed by atoms with Crippen molar-refractivity contribution in [1.82, 2.24) is 0 Å². The summed E-state index contributed by atoms with van der Waals surface area (Å²) in [7, 11) is 1.61. The minimum Gasteiger partial charge on any atom is -0.497 e. The molecule has 5 atom stereocenters. The second-order valence-corrected chi connectivity index (χ2v) is 11.2. The summed E-state index contributed by atoms with van der Waals surface area (Å²) >= 11 is 0. The Labute approximate surface area is 194 Å². The highest BCUT2D eigenvalue weighted by Crippen LogP contribution is 2.66. The maximum absolute atomic E-state index is 13.1. The smallest absolute Gasteiger partial charge is 0.343 e. The van der Waals surface area contributed by atoms with Gasteiger partial charge in [0.25, 0.3) is 0 Å². The van der Waals surface area contributed by atoms with Crippen LogP contribution in [0.5, 0.6) is 11.5 Å². The van der Waals surface area contributed by atoms with Crippen molar-refractivity contribution >= 4 is 0 Å². The van der Waals surface area contributed by atoms with Crippen LogP contribution in [0.1, 0.15) is 58.9 Å². The van der Waals surface area contributed by atoms with Gasteiger partial charge >= 0.3 is 5.63 Å². The van der Waals surface area contributed by atoms with Gasteiger partial charge in [0.05, 0.1) is 24.4 Å². The maximum atomic E-state index is 13.1. The molecule has 2 aromatic rings. The van der Waals surface area contributed by atoms with Gasteiger partial charge in [0.2, 0.25) is 0 Å². The number of rotatable bonds is 2. The highest BCUT2D eigenvalue weighted by Gasteiger charge is 2.70. The van der Waals surface area contributed by atoms with Crippen LogP contribution in [-0.4, -0.2) is 34.6 Å². The first kappa shape index (κ1) is 22.5. The van der Waals surface area contributed by atoms with Crippen LogP contribution < -0.4 is 15.1 Å². The second-order valence-electron chi connectivity index (χ2n) is 11.2. The summed E-state index contributed by atoms with van der Waals surface area (Å²) in [6.07, 6.45) is 2.43. The zero-order chi connectivity index (χ0) is 23.8. The van der Waals surface area contributed by atoms with Crippen LogP contribution in [0.25, 0.3) is 11.3 Å². The molecule has 2 N–H and O–H groups in total. The molecule has 1 unspecified atom stereocenters. The Morgan fingerprint density at radius 3 is 2.42 bits per heavy atom. The lowest BCUT2D eigenvalue weighted by molar-refractivity contribution is -0.286. The van der Waals surface area contributed by atoms with E-state index in [2.05, 4.69) is 13.8 Å². The van der Waals surface area contributed by atoms with Crippen molar-refractivity contribution < 1.29 is 24.1 Å². The summed E-state index contributed by atoms with van der Waals surface area (Å²) in [5, 5.41) is 22.8. The Hall–Kier alpha value is -2.31. The normalized spacial score (nSPS) is 36.7. The van der Waals surface area contributed by atoms with Crippen molar-refractivity contribution in [2.45, 2.75) is 77.1 Å². The van der Waals surface area contributed by atoms with Gasteiger partial charge < -0.3 is 24.1 Å². The average molecular weight is 455 g/mol. The molecule has 178 valence electrons. The molecule has 0 radical (unpaired) electrons. The van der Waals surface area contributed by atoms with Crippen molar-refractivity contribution in [3.8, 4) is 22.8 Å². The van der Waals surface area contributed by atoms with E-state index in [-0.39, 0.29) is 5.92 Å². The lowest BCUT2D eigenvalue weighted by Gasteiger charge is -2.68. The monoisotopic (exact) mass is 454 g/mol. The summed E-state index contributed by atoms with van der Waals surface area (Å²) in [5.41, 5.74) is -1.80. The lowest BCUT2D eigenvalue weighted by Crippen LogP contribution is -2.73. The van der Waals surface area contributed by atoms with Crippen molar-refractivity contribution in [3.05, 3.63) is 46.3 Å². The predicted molar refractivity (Wildman–Crippen MR) is 125 cm³/mol. The van der Waals surface area contributed by atoms with Crippen molar-refractivity contribution in [2.24, 2.45) is 16.7 Å².